The van der Waals surface area contributed by atoms with Crippen LogP contribution in [0.25, 0.3) is 0 Å². The van der Waals surface area contributed by atoms with E-state index >= 15 is 0 Å². The lowest BCUT2D eigenvalue weighted by atomic mass is 9.98. The fraction of sp³-hybridized carbons (Fsp3) is 0.611. The van der Waals surface area contributed by atoms with E-state index < -0.39 is 10.0 Å². The first-order valence-electron chi connectivity index (χ1n) is 9.19. The van der Waals surface area contributed by atoms with Crippen LogP contribution in [-0.4, -0.2) is 69.0 Å². The van der Waals surface area contributed by atoms with Gasteiger partial charge in [-0.3, -0.25) is 4.79 Å². The third kappa shape index (κ3) is 3.86. The van der Waals surface area contributed by atoms with Crippen molar-refractivity contribution in [2.75, 3.05) is 39.4 Å². The molecule has 2 saturated heterocycles. The predicted molar refractivity (Wildman–Crippen MR) is 103 cm³/mol. The van der Waals surface area contributed by atoms with Crippen LogP contribution in [-0.2, 0) is 14.8 Å². The Labute approximate surface area is 166 Å². The molecule has 0 radical (unpaired) electrons. The molecule has 1 aromatic carbocycles. The minimum Gasteiger partial charge on any atom is -0.379 e. The Balaban J connectivity index is 0.00000210. The molecule has 9 heteroatoms. The lowest BCUT2D eigenvalue weighted by Gasteiger charge is -2.26. The van der Waals surface area contributed by atoms with Crippen molar-refractivity contribution in [1.82, 2.24) is 9.21 Å². The molecule has 2 heterocycles. The summed E-state index contributed by atoms with van der Waals surface area (Å²) in [6.07, 6.45) is 2.10. The van der Waals surface area contributed by atoms with Crippen LogP contribution in [0.3, 0.4) is 0 Å². The monoisotopic (exact) mass is 415 g/mol. The number of fused-ring (bicyclic) bond motifs is 1. The third-order valence-corrected chi connectivity index (χ3v) is 7.78. The molecule has 0 spiro atoms. The fourth-order valence-corrected chi connectivity index (χ4v) is 5.84. The highest BCUT2D eigenvalue weighted by atomic mass is 35.5. The normalized spacial score (nSPS) is 28.6. The second kappa shape index (κ2) is 8.05. The van der Waals surface area contributed by atoms with Crippen molar-refractivity contribution in [1.29, 1.82) is 0 Å². The molecule has 3 unspecified atom stereocenters. The van der Waals surface area contributed by atoms with Crippen molar-refractivity contribution < 1.29 is 17.9 Å². The Kier molecular flexibility index (Phi) is 6.12. The van der Waals surface area contributed by atoms with Crippen LogP contribution in [0.4, 0.5) is 0 Å². The van der Waals surface area contributed by atoms with E-state index in [0.717, 1.165) is 19.4 Å². The van der Waals surface area contributed by atoms with E-state index in [9.17, 15) is 13.2 Å². The van der Waals surface area contributed by atoms with Crippen LogP contribution >= 0.6 is 12.4 Å². The maximum absolute atomic E-state index is 12.9. The topological polar surface area (TPSA) is 92.9 Å². The number of ether oxygens (including phenoxy) is 1. The quantitative estimate of drug-likeness (QED) is 0.793. The summed E-state index contributed by atoms with van der Waals surface area (Å²) in [5, 5.41) is 0. The van der Waals surface area contributed by atoms with Crippen molar-refractivity contribution in [2.24, 2.45) is 17.6 Å². The van der Waals surface area contributed by atoms with E-state index in [2.05, 4.69) is 0 Å². The third-order valence-electron chi connectivity index (χ3n) is 5.89. The maximum Gasteiger partial charge on any atom is 0.253 e. The summed E-state index contributed by atoms with van der Waals surface area (Å²) < 4.78 is 32.3. The zero-order valence-electron chi connectivity index (χ0n) is 15.1. The standard InChI is InChI=1S/C18H25N3O4S.ClH/c19-17-5-4-14-11-20(12-16(14)17)18(22)13-2-1-3-15(10-13)26(23,24)21-6-8-25-9-7-21;/h1-3,10,14,16-17H,4-9,11-12,19H2;1H. The van der Waals surface area contributed by atoms with E-state index in [1.54, 1.807) is 18.2 Å². The van der Waals surface area contributed by atoms with Gasteiger partial charge >= 0.3 is 0 Å². The van der Waals surface area contributed by atoms with Gasteiger partial charge in [-0.25, -0.2) is 8.42 Å². The van der Waals surface area contributed by atoms with Gasteiger partial charge in [0.05, 0.1) is 18.1 Å². The summed E-state index contributed by atoms with van der Waals surface area (Å²) >= 11 is 0. The molecule has 0 bridgehead atoms. The van der Waals surface area contributed by atoms with Crippen molar-refractivity contribution >= 4 is 28.3 Å². The highest BCUT2D eigenvalue weighted by Gasteiger charge is 2.42. The van der Waals surface area contributed by atoms with Crippen LogP contribution < -0.4 is 5.73 Å². The van der Waals surface area contributed by atoms with Crippen molar-refractivity contribution in [2.45, 2.75) is 23.8 Å². The molecule has 1 aliphatic carbocycles. The molecular weight excluding hydrogens is 390 g/mol. The highest BCUT2D eigenvalue weighted by Crippen LogP contribution is 2.37. The molecule has 1 amide bonds. The number of sulfonamides is 1. The molecule has 2 aliphatic heterocycles. The molecule has 3 fully saturated rings. The number of carbonyl (C=O) groups is 1. The van der Waals surface area contributed by atoms with Crippen LogP contribution in [0.5, 0.6) is 0 Å². The summed E-state index contributed by atoms with van der Waals surface area (Å²) in [7, 11) is -3.60. The summed E-state index contributed by atoms with van der Waals surface area (Å²) in [6.45, 7) is 2.87. The molecule has 27 heavy (non-hydrogen) atoms. The van der Waals surface area contributed by atoms with Gasteiger partial charge in [-0.15, -0.1) is 12.4 Å². The number of benzene rings is 1. The van der Waals surface area contributed by atoms with Gasteiger partial charge in [-0.2, -0.15) is 4.31 Å². The fourth-order valence-electron chi connectivity index (χ4n) is 4.38. The summed E-state index contributed by atoms with van der Waals surface area (Å²) in [4.78, 5) is 14.9. The smallest absolute Gasteiger partial charge is 0.253 e. The van der Waals surface area contributed by atoms with Crippen LogP contribution in [0.2, 0.25) is 0 Å². The molecule has 1 saturated carbocycles. The van der Waals surface area contributed by atoms with E-state index in [1.165, 1.54) is 10.4 Å². The second-order valence-electron chi connectivity index (χ2n) is 7.42. The first-order valence-corrected chi connectivity index (χ1v) is 10.6. The summed E-state index contributed by atoms with van der Waals surface area (Å²) in [6, 6.07) is 6.56. The number of nitrogens with two attached hydrogens (primary N) is 1. The molecule has 3 atom stereocenters. The molecular formula is C18H26ClN3O4S. The zero-order chi connectivity index (χ0) is 18.3. The maximum atomic E-state index is 12.9. The van der Waals surface area contributed by atoms with Crippen molar-refractivity contribution in [3.05, 3.63) is 29.8 Å². The predicted octanol–water partition coefficient (Wildman–Crippen LogP) is 0.939. The van der Waals surface area contributed by atoms with Gasteiger partial charge in [0, 0.05) is 37.8 Å². The number of morpholine rings is 1. The van der Waals surface area contributed by atoms with Gasteiger partial charge in [0.1, 0.15) is 0 Å². The molecule has 7 nitrogen and oxygen atoms in total. The minimum atomic E-state index is -3.60. The average molecular weight is 416 g/mol. The summed E-state index contributed by atoms with van der Waals surface area (Å²) in [5.41, 5.74) is 6.58. The van der Waals surface area contributed by atoms with Gasteiger partial charge in [-0.1, -0.05) is 6.07 Å². The van der Waals surface area contributed by atoms with Gasteiger partial charge in [0.2, 0.25) is 10.0 Å². The Morgan fingerprint density at radius 1 is 1.15 bits per heavy atom. The Morgan fingerprint density at radius 2 is 1.89 bits per heavy atom. The molecule has 0 aromatic heterocycles. The number of nitrogens with zero attached hydrogens (tertiary/aromatic N) is 2. The van der Waals surface area contributed by atoms with Gasteiger partial charge in [0.15, 0.2) is 0 Å². The largest absolute Gasteiger partial charge is 0.379 e. The van der Waals surface area contributed by atoms with E-state index in [4.69, 9.17) is 10.5 Å². The first kappa shape index (κ1) is 20.5. The van der Waals surface area contributed by atoms with E-state index in [-0.39, 0.29) is 29.3 Å². The lowest BCUT2D eigenvalue weighted by molar-refractivity contribution is 0.0730. The molecule has 3 aliphatic rings. The Hall–Kier alpha value is -1.19. The highest BCUT2D eigenvalue weighted by molar-refractivity contribution is 7.89. The Bertz CT molecular complexity index is 798. The van der Waals surface area contributed by atoms with Crippen molar-refractivity contribution in [3.63, 3.8) is 0 Å². The number of halogens is 1. The van der Waals surface area contributed by atoms with Crippen LogP contribution in [0, 0.1) is 11.8 Å². The van der Waals surface area contributed by atoms with Gasteiger partial charge < -0.3 is 15.4 Å². The van der Waals surface area contributed by atoms with Crippen LogP contribution in [0.1, 0.15) is 23.2 Å². The minimum absolute atomic E-state index is 0. The van der Waals surface area contributed by atoms with Gasteiger partial charge in [-0.05, 0) is 42.9 Å². The molecule has 150 valence electrons. The molecule has 4 rings (SSSR count). The van der Waals surface area contributed by atoms with Gasteiger partial charge in [0.25, 0.3) is 5.91 Å². The zero-order valence-corrected chi connectivity index (χ0v) is 16.8. The number of rotatable bonds is 3. The lowest BCUT2D eigenvalue weighted by Crippen LogP contribution is -2.40. The van der Waals surface area contributed by atoms with E-state index in [0.29, 0.717) is 50.2 Å². The number of carbonyl (C=O) groups excluding carboxylic acids is 1. The second-order valence-corrected chi connectivity index (χ2v) is 9.36. The number of hydrogen-bond acceptors (Lipinski definition) is 5. The SMILES string of the molecule is Cl.NC1CCC2CN(C(=O)c3cccc(S(=O)(=O)N4CCOCC4)c3)CC12. The number of likely N-dealkylation sites (tertiary alicyclic amines) is 1. The number of hydrogen-bond donors (Lipinski definition) is 1. The number of amides is 1. The van der Waals surface area contributed by atoms with Crippen LogP contribution in [0.15, 0.2) is 29.2 Å². The first-order chi connectivity index (χ1) is 12.5. The average Bonchev–Trinajstić information content (AvgIpc) is 3.24. The van der Waals surface area contributed by atoms with Crippen molar-refractivity contribution in [3.8, 4) is 0 Å². The molecule has 1 aromatic rings. The van der Waals surface area contributed by atoms with E-state index in [1.807, 2.05) is 4.90 Å². The summed E-state index contributed by atoms with van der Waals surface area (Å²) in [5.74, 6) is 0.749. The Morgan fingerprint density at radius 3 is 2.59 bits per heavy atom. The molecule has 2 N–H and O–H groups in total.